The first-order valence-electron chi connectivity index (χ1n) is 7.20. The van der Waals surface area contributed by atoms with Crippen molar-refractivity contribution in [2.75, 3.05) is 5.75 Å². The molecule has 0 aromatic heterocycles. The van der Waals surface area contributed by atoms with E-state index in [0.717, 1.165) is 18.4 Å². The maximum Gasteiger partial charge on any atom is 0.0892 e. The van der Waals surface area contributed by atoms with Gasteiger partial charge in [0.2, 0.25) is 0 Å². The molecule has 0 aliphatic carbocycles. The fraction of sp³-hybridized carbons (Fsp3) is 0.529. The first-order chi connectivity index (χ1) is 9.47. The standard InChI is InChI=1S/C17H24O2S/c1-14(9-10-16-17(2,3)19-16)11-12-20(18)13-15-7-5-4-6-8-15/h4-8,11,16H,9-10,12-13H2,1-3H3/b14-11+. The van der Waals surface area contributed by atoms with Gasteiger partial charge in [-0.15, -0.1) is 0 Å². The summed E-state index contributed by atoms with van der Waals surface area (Å²) in [7, 11) is -0.813. The normalized spacial score (nSPS) is 22.6. The van der Waals surface area contributed by atoms with Gasteiger partial charge in [0, 0.05) is 22.3 Å². The van der Waals surface area contributed by atoms with Gasteiger partial charge in [-0.25, -0.2) is 0 Å². The van der Waals surface area contributed by atoms with Crippen LogP contribution < -0.4 is 0 Å². The molecule has 2 rings (SSSR count). The monoisotopic (exact) mass is 292 g/mol. The van der Waals surface area contributed by atoms with Crippen LogP contribution in [-0.2, 0) is 21.3 Å². The van der Waals surface area contributed by atoms with Gasteiger partial charge < -0.3 is 4.74 Å². The fourth-order valence-electron chi connectivity index (χ4n) is 2.25. The summed E-state index contributed by atoms with van der Waals surface area (Å²) in [5, 5.41) is 0. The molecule has 2 nitrogen and oxygen atoms in total. The molecule has 0 amide bonds. The zero-order valence-electron chi connectivity index (χ0n) is 12.6. The summed E-state index contributed by atoms with van der Waals surface area (Å²) < 4.78 is 17.6. The van der Waals surface area contributed by atoms with Crippen molar-refractivity contribution in [3.05, 3.63) is 47.5 Å². The highest BCUT2D eigenvalue weighted by Crippen LogP contribution is 2.38. The molecule has 1 aromatic rings. The lowest BCUT2D eigenvalue weighted by Gasteiger charge is -2.02. The Labute approximate surface area is 124 Å². The van der Waals surface area contributed by atoms with E-state index < -0.39 is 10.8 Å². The van der Waals surface area contributed by atoms with Gasteiger partial charge in [-0.3, -0.25) is 4.21 Å². The van der Waals surface area contributed by atoms with Crippen LogP contribution in [0.4, 0.5) is 0 Å². The molecule has 0 spiro atoms. The van der Waals surface area contributed by atoms with Crippen LogP contribution in [0.25, 0.3) is 0 Å². The Balaban J connectivity index is 1.70. The Bertz CT molecular complexity index is 491. The van der Waals surface area contributed by atoms with Gasteiger partial charge in [0.05, 0.1) is 11.7 Å². The van der Waals surface area contributed by atoms with E-state index in [0.29, 0.717) is 17.6 Å². The average Bonchev–Trinajstić information content (AvgIpc) is 3.03. The summed E-state index contributed by atoms with van der Waals surface area (Å²) >= 11 is 0. The van der Waals surface area contributed by atoms with E-state index in [-0.39, 0.29) is 5.60 Å². The topological polar surface area (TPSA) is 29.6 Å². The Morgan fingerprint density at radius 1 is 1.35 bits per heavy atom. The zero-order chi connectivity index (χ0) is 14.6. The van der Waals surface area contributed by atoms with Gasteiger partial charge in [0.15, 0.2) is 0 Å². The third-order valence-corrected chi connectivity index (χ3v) is 4.95. The highest BCUT2D eigenvalue weighted by molar-refractivity contribution is 7.84. The summed E-state index contributed by atoms with van der Waals surface area (Å²) in [6.45, 7) is 6.38. The molecule has 0 saturated carbocycles. The molecule has 2 atom stereocenters. The molecule has 110 valence electrons. The summed E-state index contributed by atoms with van der Waals surface area (Å²) in [6.07, 6.45) is 4.63. The van der Waals surface area contributed by atoms with Gasteiger partial charge in [-0.05, 0) is 39.2 Å². The number of allylic oxidation sites excluding steroid dienone is 1. The lowest BCUT2D eigenvalue weighted by atomic mass is 10.0. The molecule has 0 N–H and O–H groups in total. The van der Waals surface area contributed by atoms with Crippen molar-refractivity contribution in [1.29, 1.82) is 0 Å². The molecule has 1 aliphatic rings. The van der Waals surface area contributed by atoms with Crippen molar-refractivity contribution in [3.63, 3.8) is 0 Å². The van der Waals surface area contributed by atoms with Gasteiger partial charge >= 0.3 is 0 Å². The second-order valence-corrected chi connectivity index (χ2v) is 7.54. The number of ether oxygens (including phenoxy) is 1. The summed E-state index contributed by atoms with van der Waals surface area (Å²) in [6, 6.07) is 10.0. The van der Waals surface area contributed by atoms with Gasteiger partial charge in [0.25, 0.3) is 0 Å². The maximum atomic E-state index is 12.0. The van der Waals surface area contributed by atoms with E-state index in [4.69, 9.17) is 4.74 Å². The summed E-state index contributed by atoms with van der Waals surface area (Å²) in [5.41, 5.74) is 2.54. The third kappa shape index (κ3) is 4.88. The van der Waals surface area contributed by atoms with Crippen LogP contribution in [0.5, 0.6) is 0 Å². The number of epoxide rings is 1. The number of hydrogen-bond acceptors (Lipinski definition) is 2. The van der Waals surface area contributed by atoms with Gasteiger partial charge in [-0.2, -0.15) is 0 Å². The third-order valence-electron chi connectivity index (χ3n) is 3.75. The quantitative estimate of drug-likeness (QED) is 0.564. The molecule has 2 unspecified atom stereocenters. The van der Waals surface area contributed by atoms with Crippen molar-refractivity contribution in [2.24, 2.45) is 0 Å². The van der Waals surface area contributed by atoms with Crippen molar-refractivity contribution in [2.45, 2.75) is 51.1 Å². The molecular weight excluding hydrogens is 268 g/mol. The van der Waals surface area contributed by atoms with Crippen molar-refractivity contribution >= 4 is 10.8 Å². The van der Waals surface area contributed by atoms with E-state index in [2.05, 4.69) is 26.8 Å². The Kier molecular flexibility index (Phi) is 5.17. The minimum absolute atomic E-state index is 0.0798. The Morgan fingerprint density at radius 2 is 2.00 bits per heavy atom. The van der Waals surface area contributed by atoms with Crippen molar-refractivity contribution < 1.29 is 8.95 Å². The minimum Gasteiger partial charge on any atom is -0.367 e. The van der Waals surface area contributed by atoms with Crippen LogP contribution in [0, 0.1) is 0 Å². The second kappa shape index (κ2) is 6.68. The van der Waals surface area contributed by atoms with Crippen molar-refractivity contribution in [1.82, 2.24) is 0 Å². The van der Waals surface area contributed by atoms with Crippen LogP contribution in [0.1, 0.15) is 39.2 Å². The van der Waals surface area contributed by atoms with Crippen LogP contribution in [-0.4, -0.2) is 21.7 Å². The van der Waals surface area contributed by atoms with Gasteiger partial charge in [-0.1, -0.05) is 42.0 Å². The van der Waals surface area contributed by atoms with E-state index >= 15 is 0 Å². The molecule has 3 heteroatoms. The fourth-order valence-corrected chi connectivity index (χ4v) is 3.41. The largest absolute Gasteiger partial charge is 0.367 e. The molecule has 1 heterocycles. The SMILES string of the molecule is C/C(=C\CS(=O)Cc1ccccc1)CCC1OC1(C)C. The number of hydrogen-bond donors (Lipinski definition) is 0. The number of rotatable bonds is 7. The van der Waals surface area contributed by atoms with E-state index in [9.17, 15) is 4.21 Å². The molecule has 1 aliphatic heterocycles. The predicted octanol–water partition coefficient (Wildman–Crippen LogP) is 3.84. The molecule has 0 radical (unpaired) electrons. The molecular formula is C17H24O2S. The molecule has 0 bridgehead atoms. The first kappa shape index (κ1) is 15.5. The van der Waals surface area contributed by atoms with Crippen LogP contribution in [0.2, 0.25) is 0 Å². The highest BCUT2D eigenvalue weighted by atomic mass is 32.2. The first-order valence-corrected chi connectivity index (χ1v) is 8.68. The Hall–Kier alpha value is -0.930. The summed E-state index contributed by atoms with van der Waals surface area (Å²) in [4.78, 5) is 0. The smallest absolute Gasteiger partial charge is 0.0892 e. The molecule has 1 aromatic carbocycles. The highest BCUT2D eigenvalue weighted by Gasteiger charge is 2.46. The summed E-state index contributed by atoms with van der Waals surface area (Å²) in [5.74, 6) is 1.29. The maximum absolute atomic E-state index is 12.0. The minimum atomic E-state index is -0.813. The lowest BCUT2D eigenvalue weighted by molar-refractivity contribution is 0.320. The zero-order valence-corrected chi connectivity index (χ0v) is 13.4. The van der Waals surface area contributed by atoms with Crippen LogP contribution >= 0.6 is 0 Å². The Morgan fingerprint density at radius 3 is 2.60 bits per heavy atom. The average molecular weight is 292 g/mol. The van der Waals surface area contributed by atoms with E-state index in [1.54, 1.807) is 0 Å². The van der Waals surface area contributed by atoms with E-state index in [1.807, 2.05) is 30.3 Å². The predicted molar refractivity (Wildman–Crippen MR) is 85.1 cm³/mol. The van der Waals surface area contributed by atoms with Gasteiger partial charge in [0.1, 0.15) is 0 Å². The van der Waals surface area contributed by atoms with Crippen LogP contribution in [0.15, 0.2) is 42.0 Å². The molecule has 1 saturated heterocycles. The molecule has 20 heavy (non-hydrogen) atoms. The lowest BCUT2D eigenvalue weighted by Crippen LogP contribution is -2.03. The van der Waals surface area contributed by atoms with E-state index in [1.165, 1.54) is 5.57 Å². The van der Waals surface area contributed by atoms with Crippen molar-refractivity contribution in [3.8, 4) is 0 Å². The van der Waals surface area contributed by atoms with Crippen LogP contribution in [0.3, 0.4) is 0 Å². The second-order valence-electron chi connectivity index (χ2n) is 6.04. The molecule has 1 fully saturated rings. The number of benzene rings is 1.